The quantitative estimate of drug-likeness (QED) is 0.750. The third-order valence-corrected chi connectivity index (χ3v) is 3.59. The molecule has 0 heterocycles. The minimum absolute atomic E-state index is 0.0829. The minimum Gasteiger partial charge on any atom is -0.452 e. The van der Waals surface area contributed by atoms with Gasteiger partial charge in [-0.25, -0.2) is 4.79 Å². The van der Waals surface area contributed by atoms with Gasteiger partial charge < -0.3 is 15.0 Å². The number of hydrogen-bond donors (Lipinski definition) is 1. The number of nitrogens with zero attached hydrogens (tertiary/aromatic N) is 1. The van der Waals surface area contributed by atoms with Crippen molar-refractivity contribution in [3.8, 4) is 0 Å². The van der Waals surface area contributed by atoms with E-state index in [1.54, 1.807) is 12.1 Å². The highest BCUT2D eigenvalue weighted by atomic mass is 16.5. The molecule has 0 aromatic heterocycles. The molecule has 0 radical (unpaired) electrons. The van der Waals surface area contributed by atoms with Crippen LogP contribution < -0.4 is 10.2 Å². The molecule has 1 rings (SSSR count). The number of ether oxygens (including phenoxy) is 1. The molecule has 122 valence electrons. The van der Waals surface area contributed by atoms with E-state index >= 15 is 0 Å². The van der Waals surface area contributed by atoms with Gasteiger partial charge in [-0.1, -0.05) is 6.92 Å². The van der Waals surface area contributed by atoms with Crippen molar-refractivity contribution in [2.24, 2.45) is 0 Å². The molecule has 0 aliphatic carbocycles. The summed E-state index contributed by atoms with van der Waals surface area (Å²) in [5.41, 5.74) is 1.52. The van der Waals surface area contributed by atoms with Gasteiger partial charge in [-0.3, -0.25) is 4.79 Å². The Labute approximate surface area is 132 Å². The van der Waals surface area contributed by atoms with Gasteiger partial charge in [-0.2, -0.15) is 0 Å². The van der Waals surface area contributed by atoms with Crippen molar-refractivity contribution >= 4 is 17.6 Å². The van der Waals surface area contributed by atoms with Crippen molar-refractivity contribution in [1.29, 1.82) is 0 Å². The van der Waals surface area contributed by atoms with Crippen LogP contribution in [0.2, 0.25) is 0 Å². The second-order valence-corrected chi connectivity index (χ2v) is 5.17. The van der Waals surface area contributed by atoms with Crippen LogP contribution in [0, 0.1) is 0 Å². The monoisotopic (exact) mass is 306 g/mol. The van der Waals surface area contributed by atoms with Gasteiger partial charge in [0.25, 0.3) is 5.91 Å². The maximum atomic E-state index is 11.9. The van der Waals surface area contributed by atoms with E-state index in [0.29, 0.717) is 5.56 Å². The van der Waals surface area contributed by atoms with E-state index < -0.39 is 5.97 Å². The Morgan fingerprint density at radius 2 is 1.73 bits per heavy atom. The molecule has 0 unspecified atom stereocenters. The maximum Gasteiger partial charge on any atom is 0.338 e. The highest BCUT2D eigenvalue weighted by molar-refractivity contribution is 5.91. The standard InChI is InChI=1S/C17H26N2O3/c1-5-13(4)18-16(20)12-22-17(21)14-8-10-15(11-9-14)19(6-2)7-3/h8-11,13H,5-7,12H2,1-4H3,(H,18,20)/t13-/m1/s1. The Morgan fingerprint density at radius 3 is 2.23 bits per heavy atom. The summed E-state index contributed by atoms with van der Waals surface area (Å²) in [6.07, 6.45) is 0.840. The van der Waals surface area contributed by atoms with Crippen molar-refractivity contribution in [3.63, 3.8) is 0 Å². The zero-order valence-corrected chi connectivity index (χ0v) is 13.9. The molecule has 5 nitrogen and oxygen atoms in total. The number of esters is 1. The summed E-state index contributed by atoms with van der Waals surface area (Å²) in [4.78, 5) is 25.7. The minimum atomic E-state index is -0.481. The van der Waals surface area contributed by atoms with Crippen molar-refractivity contribution in [3.05, 3.63) is 29.8 Å². The highest BCUT2D eigenvalue weighted by Gasteiger charge is 2.12. The number of rotatable bonds is 8. The first-order chi connectivity index (χ1) is 10.5. The van der Waals surface area contributed by atoms with Crippen LogP contribution in [-0.2, 0) is 9.53 Å². The average Bonchev–Trinajstić information content (AvgIpc) is 2.54. The lowest BCUT2D eigenvalue weighted by molar-refractivity contribution is -0.124. The molecule has 0 saturated carbocycles. The second kappa shape index (κ2) is 9.07. The van der Waals surface area contributed by atoms with E-state index in [1.165, 1.54) is 0 Å². The molecular weight excluding hydrogens is 280 g/mol. The largest absolute Gasteiger partial charge is 0.452 e. The van der Waals surface area contributed by atoms with E-state index in [9.17, 15) is 9.59 Å². The summed E-state index contributed by atoms with van der Waals surface area (Å²) < 4.78 is 5.02. The summed E-state index contributed by atoms with van der Waals surface area (Å²) in [5.74, 6) is -0.757. The second-order valence-electron chi connectivity index (χ2n) is 5.17. The number of amides is 1. The fourth-order valence-corrected chi connectivity index (χ4v) is 2.03. The lowest BCUT2D eigenvalue weighted by Gasteiger charge is -2.20. The zero-order valence-electron chi connectivity index (χ0n) is 13.9. The van der Waals surface area contributed by atoms with Gasteiger partial charge in [0.05, 0.1) is 5.56 Å². The molecule has 1 amide bonds. The Morgan fingerprint density at radius 1 is 1.14 bits per heavy atom. The molecule has 1 atom stereocenters. The maximum absolute atomic E-state index is 11.9. The van der Waals surface area contributed by atoms with Crippen LogP contribution in [0.1, 0.15) is 44.5 Å². The van der Waals surface area contributed by atoms with Crippen molar-refractivity contribution in [1.82, 2.24) is 5.32 Å². The summed E-state index contributed by atoms with van der Waals surface area (Å²) >= 11 is 0. The number of carbonyl (C=O) groups is 2. The van der Waals surface area contributed by atoms with Crippen molar-refractivity contribution < 1.29 is 14.3 Å². The fourth-order valence-electron chi connectivity index (χ4n) is 2.03. The molecule has 22 heavy (non-hydrogen) atoms. The molecule has 0 saturated heterocycles. The van der Waals surface area contributed by atoms with Gasteiger partial charge in [-0.15, -0.1) is 0 Å². The molecule has 0 aliphatic heterocycles. The van der Waals surface area contributed by atoms with Crippen molar-refractivity contribution in [2.45, 2.75) is 40.2 Å². The number of hydrogen-bond acceptors (Lipinski definition) is 4. The number of nitrogens with one attached hydrogen (secondary N) is 1. The highest BCUT2D eigenvalue weighted by Crippen LogP contribution is 2.15. The molecule has 1 aromatic rings. The number of anilines is 1. The van der Waals surface area contributed by atoms with Crippen molar-refractivity contribution in [2.75, 3.05) is 24.6 Å². The number of benzene rings is 1. The Hall–Kier alpha value is -2.04. The van der Waals surface area contributed by atoms with Gasteiger partial charge in [0, 0.05) is 24.8 Å². The molecule has 1 aromatic carbocycles. The third-order valence-electron chi connectivity index (χ3n) is 3.59. The first kappa shape index (κ1) is 18.0. The van der Waals surface area contributed by atoms with E-state index in [4.69, 9.17) is 4.74 Å². The summed E-state index contributed by atoms with van der Waals surface area (Å²) in [6.45, 7) is 9.64. The SMILES string of the molecule is CC[C@@H](C)NC(=O)COC(=O)c1ccc(N(CC)CC)cc1. The van der Waals surface area contributed by atoms with Crippen LogP contribution in [-0.4, -0.2) is 37.6 Å². The molecule has 0 bridgehead atoms. The summed E-state index contributed by atoms with van der Waals surface area (Å²) in [5, 5.41) is 2.75. The van der Waals surface area contributed by atoms with Crippen LogP contribution >= 0.6 is 0 Å². The van der Waals surface area contributed by atoms with Crippen LogP contribution in [0.5, 0.6) is 0 Å². The fraction of sp³-hybridized carbons (Fsp3) is 0.529. The van der Waals surface area contributed by atoms with E-state index in [1.807, 2.05) is 26.0 Å². The van der Waals surface area contributed by atoms with E-state index in [0.717, 1.165) is 25.2 Å². The normalized spacial score (nSPS) is 11.6. The molecule has 1 N–H and O–H groups in total. The Kier molecular flexibility index (Phi) is 7.43. The van der Waals surface area contributed by atoms with Gasteiger partial charge in [-0.05, 0) is 51.5 Å². The van der Waals surface area contributed by atoms with Crippen LogP contribution in [0.4, 0.5) is 5.69 Å². The molecule has 0 aliphatic rings. The lowest BCUT2D eigenvalue weighted by atomic mass is 10.2. The molecular formula is C17H26N2O3. The Balaban J connectivity index is 2.54. The predicted octanol–water partition coefficient (Wildman–Crippen LogP) is 2.60. The first-order valence-corrected chi connectivity index (χ1v) is 7.83. The van der Waals surface area contributed by atoms with Gasteiger partial charge in [0.1, 0.15) is 0 Å². The Bertz CT molecular complexity index is 481. The smallest absolute Gasteiger partial charge is 0.338 e. The topological polar surface area (TPSA) is 58.6 Å². The van der Waals surface area contributed by atoms with Gasteiger partial charge in [0.2, 0.25) is 0 Å². The zero-order chi connectivity index (χ0) is 16.5. The van der Waals surface area contributed by atoms with Gasteiger partial charge in [0.15, 0.2) is 6.61 Å². The molecule has 0 spiro atoms. The van der Waals surface area contributed by atoms with Crippen LogP contribution in [0.15, 0.2) is 24.3 Å². The van der Waals surface area contributed by atoms with E-state index in [-0.39, 0.29) is 18.6 Å². The molecule has 5 heteroatoms. The predicted molar refractivity (Wildman–Crippen MR) is 88.2 cm³/mol. The summed E-state index contributed by atoms with van der Waals surface area (Å²) in [7, 11) is 0. The third kappa shape index (κ3) is 5.39. The molecule has 0 fully saturated rings. The average molecular weight is 306 g/mol. The first-order valence-electron chi connectivity index (χ1n) is 7.83. The van der Waals surface area contributed by atoms with Crippen LogP contribution in [0.3, 0.4) is 0 Å². The number of carbonyl (C=O) groups excluding carboxylic acids is 2. The lowest BCUT2D eigenvalue weighted by Crippen LogP contribution is -2.35. The van der Waals surface area contributed by atoms with Crippen LogP contribution in [0.25, 0.3) is 0 Å². The summed E-state index contributed by atoms with van der Waals surface area (Å²) in [6, 6.07) is 7.32. The van der Waals surface area contributed by atoms with E-state index in [2.05, 4.69) is 24.1 Å². The van der Waals surface area contributed by atoms with Gasteiger partial charge >= 0.3 is 5.97 Å².